The highest BCUT2D eigenvalue weighted by Gasteiger charge is 2.43. The van der Waals surface area contributed by atoms with E-state index in [0.29, 0.717) is 22.2 Å². The third-order valence-electron chi connectivity index (χ3n) is 4.94. The Morgan fingerprint density at radius 3 is 2.39 bits per heavy atom. The van der Waals surface area contributed by atoms with Crippen LogP contribution in [0.3, 0.4) is 0 Å². The SMILES string of the molecule is CCOC(=O)C1=C(c2ccccc2)N=C2SC(c3ccccc3)=NN2C1c1ccco1. The molecule has 31 heavy (non-hydrogen) atoms. The highest BCUT2D eigenvalue weighted by atomic mass is 32.2. The summed E-state index contributed by atoms with van der Waals surface area (Å²) in [7, 11) is 0. The largest absolute Gasteiger partial charge is 0.467 e. The molecule has 0 saturated carbocycles. The molecule has 2 aliphatic rings. The molecule has 0 aliphatic carbocycles. The normalized spacial score (nSPS) is 17.8. The van der Waals surface area contributed by atoms with Gasteiger partial charge in [-0.05, 0) is 30.8 Å². The number of carbonyl (C=O) groups excluding carboxylic acids is 1. The molecule has 2 aliphatic heterocycles. The number of thioether (sulfide) groups is 1. The van der Waals surface area contributed by atoms with Gasteiger partial charge in [-0.3, -0.25) is 0 Å². The molecule has 1 unspecified atom stereocenters. The minimum atomic E-state index is -0.578. The molecule has 1 aromatic heterocycles. The zero-order valence-corrected chi connectivity index (χ0v) is 17.6. The first-order valence-corrected chi connectivity index (χ1v) is 10.8. The highest BCUT2D eigenvalue weighted by Crippen LogP contribution is 2.44. The van der Waals surface area contributed by atoms with E-state index in [9.17, 15) is 4.79 Å². The van der Waals surface area contributed by atoms with Crippen molar-refractivity contribution in [3.05, 3.63) is 102 Å². The van der Waals surface area contributed by atoms with Gasteiger partial charge in [-0.25, -0.2) is 14.8 Å². The summed E-state index contributed by atoms with van der Waals surface area (Å²) in [6, 6.07) is 22.6. The molecule has 154 valence electrons. The summed E-state index contributed by atoms with van der Waals surface area (Å²) in [4.78, 5) is 18.0. The number of fused-ring (bicyclic) bond motifs is 1. The zero-order chi connectivity index (χ0) is 21.2. The van der Waals surface area contributed by atoms with Gasteiger partial charge >= 0.3 is 5.97 Å². The molecule has 0 spiro atoms. The van der Waals surface area contributed by atoms with E-state index in [-0.39, 0.29) is 6.61 Å². The molecule has 0 amide bonds. The van der Waals surface area contributed by atoms with Gasteiger partial charge in [0.1, 0.15) is 16.8 Å². The number of ether oxygens (including phenoxy) is 1. The van der Waals surface area contributed by atoms with E-state index >= 15 is 0 Å². The molecule has 0 bridgehead atoms. The van der Waals surface area contributed by atoms with Gasteiger partial charge in [0.15, 0.2) is 5.17 Å². The fourth-order valence-electron chi connectivity index (χ4n) is 3.58. The van der Waals surface area contributed by atoms with Crippen molar-refractivity contribution in [2.45, 2.75) is 13.0 Å². The maximum atomic E-state index is 13.2. The zero-order valence-electron chi connectivity index (χ0n) is 16.8. The summed E-state index contributed by atoms with van der Waals surface area (Å²) in [5.41, 5.74) is 2.80. The van der Waals surface area contributed by atoms with Crippen LogP contribution in [-0.2, 0) is 9.53 Å². The lowest BCUT2D eigenvalue weighted by atomic mass is 9.97. The first kappa shape index (κ1) is 19.4. The Labute approximate surface area is 183 Å². The Kier molecular flexibility index (Phi) is 5.18. The average Bonchev–Trinajstić information content (AvgIpc) is 3.49. The number of hydrazone groups is 1. The highest BCUT2D eigenvalue weighted by molar-refractivity contribution is 8.27. The molecular formula is C24H19N3O3S. The van der Waals surface area contributed by atoms with Crippen LogP contribution in [0.15, 0.2) is 99.1 Å². The average molecular weight is 430 g/mol. The van der Waals surface area contributed by atoms with E-state index in [1.54, 1.807) is 24.3 Å². The molecular weight excluding hydrogens is 410 g/mol. The Morgan fingerprint density at radius 2 is 1.74 bits per heavy atom. The van der Waals surface area contributed by atoms with Crippen LogP contribution in [0.2, 0.25) is 0 Å². The van der Waals surface area contributed by atoms with E-state index in [1.807, 2.05) is 66.7 Å². The van der Waals surface area contributed by atoms with Crippen molar-refractivity contribution in [3.63, 3.8) is 0 Å². The predicted molar refractivity (Wildman–Crippen MR) is 121 cm³/mol. The minimum Gasteiger partial charge on any atom is -0.467 e. The van der Waals surface area contributed by atoms with Gasteiger partial charge in [-0.1, -0.05) is 60.7 Å². The number of hydrogen-bond donors (Lipinski definition) is 0. The lowest BCUT2D eigenvalue weighted by Gasteiger charge is -2.30. The van der Waals surface area contributed by atoms with Gasteiger partial charge in [0.05, 0.1) is 24.1 Å². The van der Waals surface area contributed by atoms with E-state index in [4.69, 9.17) is 19.2 Å². The molecule has 6 nitrogen and oxygen atoms in total. The Bertz CT molecular complexity index is 1190. The van der Waals surface area contributed by atoms with Crippen molar-refractivity contribution in [2.24, 2.45) is 10.1 Å². The summed E-state index contributed by atoms with van der Waals surface area (Å²) in [5, 5.41) is 8.07. The molecule has 1 atom stereocenters. The number of amidine groups is 1. The number of rotatable bonds is 5. The summed E-state index contributed by atoms with van der Waals surface area (Å²) in [5.74, 6) is 0.168. The second kappa shape index (κ2) is 8.28. The topological polar surface area (TPSA) is 67.4 Å². The molecule has 0 fully saturated rings. The summed E-state index contributed by atoms with van der Waals surface area (Å²) in [6.45, 7) is 2.05. The number of aliphatic imine (C=N–C) groups is 1. The van der Waals surface area contributed by atoms with Crippen molar-refractivity contribution in [1.29, 1.82) is 0 Å². The third-order valence-corrected chi connectivity index (χ3v) is 5.91. The quantitative estimate of drug-likeness (QED) is 0.530. The van der Waals surface area contributed by atoms with E-state index in [0.717, 1.165) is 16.2 Å². The van der Waals surface area contributed by atoms with Crippen LogP contribution < -0.4 is 0 Å². The first-order valence-electron chi connectivity index (χ1n) is 9.96. The standard InChI is InChI=1S/C24H19N3O3S/c1-2-29-23(28)19-20(16-10-5-3-6-11-16)25-24-27(21(19)18-14-9-15-30-18)26-22(31-24)17-12-7-4-8-13-17/h3-15,21H,2H2,1H3. The number of nitrogens with zero attached hydrogens (tertiary/aromatic N) is 3. The van der Waals surface area contributed by atoms with Crippen molar-refractivity contribution in [1.82, 2.24) is 5.01 Å². The fraction of sp³-hybridized carbons (Fsp3) is 0.125. The molecule has 0 saturated heterocycles. The molecule has 5 rings (SSSR count). The van der Waals surface area contributed by atoms with E-state index < -0.39 is 12.0 Å². The second-order valence-corrected chi connectivity index (χ2v) is 7.83. The predicted octanol–water partition coefficient (Wildman–Crippen LogP) is 5.08. The van der Waals surface area contributed by atoms with Crippen LogP contribution in [0.5, 0.6) is 0 Å². The number of benzene rings is 2. The molecule has 0 N–H and O–H groups in total. The lowest BCUT2D eigenvalue weighted by Crippen LogP contribution is -2.33. The smallest absolute Gasteiger partial charge is 0.338 e. The van der Waals surface area contributed by atoms with Gasteiger partial charge in [0.2, 0.25) is 0 Å². The number of esters is 1. The number of carbonyl (C=O) groups is 1. The Hall–Kier alpha value is -3.58. The lowest BCUT2D eigenvalue weighted by molar-refractivity contribution is -0.139. The fourth-order valence-corrected chi connectivity index (χ4v) is 4.52. The van der Waals surface area contributed by atoms with Crippen LogP contribution >= 0.6 is 11.8 Å². The summed E-state index contributed by atoms with van der Waals surface area (Å²) in [6.07, 6.45) is 1.59. The molecule has 3 heterocycles. The van der Waals surface area contributed by atoms with Crippen molar-refractivity contribution < 1.29 is 13.9 Å². The number of hydrogen-bond acceptors (Lipinski definition) is 7. The Morgan fingerprint density at radius 1 is 1.03 bits per heavy atom. The van der Waals surface area contributed by atoms with Gasteiger partial charge in [-0.15, -0.1) is 0 Å². The molecule has 2 aromatic carbocycles. The van der Waals surface area contributed by atoms with E-state index in [2.05, 4.69) is 0 Å². The molecule has 0 radical (unpaired) electrons. The van der Waals surface area contributed by atoms with Gasteiger partial charge in [0.25, 0.3) is 0 Å². The van der Waals surface area contributed by atoms with Crippen LogP contribution in [0.25, 0.3) is 5.70 Å². The molecule has 3 aromatic rings. The third kappa shape index (κ3) is 3.57. The van der Waals surface area contributed by atoms with Crippen molar-refractivity contribution >= 4 is 33.6 Å². The van der Waals surface area contributed by atoms with Crippen LogP contribution in [-0.4, -0.2) is 27.8 Å². The summed E-state index contributed by atoms with van der Waals surface area (Å²) < 4.78 is 11.2. The van der Waals surface area contributed by atoms with Gasteiger partial charge < -0.3 is 9.15 Å². The van der Waals surface area contributed by atoms with Crippen molar-refractivity contribution in [2.75, 3.05) is 6.61 Å². The number of furan rings is 1. The summed E-state index contributed by atoms with van der Waals surface area (Å²) >= 11 is 1.47. The second-order valence-electron chi connectivity index (χ2n) is 6.88. The van der Waals surface area contributed by atoms with Crippen molar-refractivity contribution in [3.8, 4) is 0 Å². The maximum absolute atomic E-state index is 13.2. The first-order chi connectivity index (χ1) is 15.3. The van der Waals surface area contributed by atoms with Gasteiger partial charge in [-0.2, -0.15) is 5.10 Å². The monoisotopic (exact) mass is 429 g/mol. The minimum absolute atomic E-state index is 0.263. The Balaban J connectivity index is 1.69. The maximum Gasteiger partial charge on any atom is 0.338 e. The van der Waals surface area contributed by atoms with Crippen LogP contribution in [0, 0.1) is 0 Å². The van der Waals surface area contributed by atoms with E-state index in [1.165, 1.54) is 11.8 Å². The van der Waals surface area contributed by atoms with Crippen LogP contribution in [0.1, 0.15) is 29.9 Å². The molecule has 7 heteroatoms. The van der Waals surface area contributed by atoms with Gasteiger partial charge in [0, 0.05) is 11.1 Å². The van der Waals surface area contributed by atoms with Crippen LogP contribution in [0.4, 0.5) is 0 Å².